The van der Waals surface area contributed by atoms with E-state index in [1.54, 1.807) is 0 Å². The first-order chi connectivity index (χ1) is 12.3. The zero-order valence-corrected chi connectivity index (χ0v) is 15.5. The van der Waals surface area contributed by atoms with Crippen molar-refractivity contribution in [3.8, 4) is 0 Å². The molecule has 8 unspecified atom stereocenters. The molecular weight excluding hydrogens is 316 g/mol. The lowest BCUT2D eigenvalue weighted by molar-refractivity contribution is -0.180. The summed E-state index contributed by atoms with van der Waals surface area (Å²) in [6.45, 7) is 3.92. The molecule has 0 radical (unpaired) electrons. The number of hydrogen-bond donors (Lipinski definition) is 1. The number of ketones is 1. The molecule has 4 aliphatic rings. The molecule has 4 fully saturated rings. The van der Waals surface area contributed by atoms with Crippen molar-refractivity contribution in [2.45, 2.75) is 84.3 Å². The second-order valence-corrected chi connectivity index (χ2v) is 9.44. The van der Waals surface area contributed by atoms with Crippen LogP contribution in [0.15, 0.2) is 0 Å². The molecule has 1 N–H and O–H groups in total. The highest BCUT2D eigenvalue weighted by molar-refractivity contribution is 5.87. The normalized spacial score (nSPS) is 52.6. The predicted molar refractivity (Wildman–Crippen MR) is 93.7 cm³/mol. The van der Waals surface area contributed by atoms with Crippen LogP contribution in [0.25, 0.3) is 0 Å². The fourth-order valence-corrected chi connectivity index (χ4v) is 7.14. The largest absolute Gasteiger partial charge is 0.463 e. The Morgan fingerprint density at radius 2 is 2.00 bits per heavy atom. The lowest BCUT2D eigenvalue weighted by Crippen LogP contribution is -2.58. The quantitative estimate of drug-likeness (QED) is 0.736. The van der Waals surface area contributed by atoms with Crippen LogP contribution >= 0.6 is 0 Å². The zero-order chi connectivity index (χ0) is 18.7. The van der Waals surface area contributed by atoms with Crippen LogP contribution in [-0.4, -0.2) is 29.1 Å². The number of esters is 1. The van der Waals surface area contributed by atoms with Gasteiger partial charge in [-0.15, -0.1) is 0 Å². The summed E-state index contributed by atoms with van der Waals surface area (Å²) in [5.41, 5.74) is -0.377. The van der Waals surface area contributed by atoms with Gasteiger partial charge in [0.25, 0.3) is 0 Å². The first kappa shape index (κ1) is 16.3. The van der Waals surface area contributed by atoms with Gasteiger partial charge in [-0.1, -0.05) is 13.8 Å². The van der Waals surface area contributed by atoms with Crippen molar-refractivity contribution < 1.29 is 20.8 Å². The number of fused-ring (bicyclic) bond motifs is 5. The van der Waals surface area contributed by atoms with Crippen LogP contribution in [0.2, 0.25) is 0 Å². The monoisotopic (exact) mass is 349 g/mol. The van der Waals surface area contributed by atoms with Crippen molar-refractivity contribution in [2.75, 3.05) is 0 Å². The molecular formula is C21H32O4. The van der Waals surface area contributed by atoms with E-state index in [9.17, 15) is 14.7 Å². The van der Waals surface area contributed by atoms with Gasteiger partial charge in [0.15, 0.2) is 0 Å². The van der Waals surface area contributed by atoms with Crippen molar-refractivity contribution in [3.63, 3.8) is 0 Å². The Morgan fingerprint density at radius 3 is 2.72 bits per heavy atom. The highest BCUT2D eigenvalue weighted by atomic mass is 16.5. The van der Waals surface area contributed by atoms with Gasteiger partial charge in [-0.25, -0.2) is 0 Å². The number of carbonyl (C=O) groups is 2. The summed E-state index contributed by atoms with van der Waals surface area (Å²) in [5.74, 6) is 1.36. The molecule has 0 aromatic rings. The fourth-order valence-electron chi connectivity index (χ4n) is 7.14. The minimum atomic E-state index is -0.446. The van der Waals surface area contributed by atoms with E-state index in [0.29, 0.717) is 43.3 Å². The molecule has 140 valence electrons. The number of aliphatic hydroxyl groups excluding tert-OH is 1. The van der Waals surface area contributed by atoms with Gasteiger partial charge < -0.3 is 9.84 Å². The van der Waals surface area contributed by atoms with E-state index in [-0.39, 0.29) is 28.8 Å². The van der Waals surface area contributed by atoms with Gasteiger partial charge >= 0.3 is 5.97 Å². The summed E-state index contributed by atoms with van der Waals surface area (Å²) < 4.78 is 13.9. The van der Waals surface area contributed by atoms with Crippen molar-refractivity contribution in [2.24, 2.45) is 34.5 Å². The number of aliphatic hydroxyl groups is 1. The predicted octanol–water partition coefficient (Wildman–Crippen LogP) is 3.50. The number of ether oxygens (including phenoxy) is 1. The topological polar surface area (TPSA) is 63.6 Å². The third-order valence-electron chi connectivity index (χ3n) is 8.38. The lowest BCUT2D eigenvalue weighted by Gasteiger charge is -2.61. The average molecular weight is 349 g/mol. The maximum atomic E-state index is 12.5. The Labute approximate surface area is 152 Å². The van der Waals surface area contributed by atoms with Crippen LogP contribution in [-0.2, 0) is 14.3 Å². The molecule has 8 atom stereocenters. The van der Waals surface area contributed by atoms with Crippen molar-refractivity contribution in [1.82, 2.24) is 0 Å². The molecule has 4 aliphatic carbocycles. The molecule has 0 aromatic heterocycles. The molecule has 0 amide bonds. The van der Waals surface area contributed by atoms with Crippen LogP contribution < -0.4 is 0 Å². The van der Waals surface area contributed by atoms with E-state index < -0.39 is 6.10 Å². The number of hydrogen-bond acceptors (Lipinski definition) is 4. The summed E-state index contributed by atoms with van der Waals surface area (Å²) in [4.78, 5) is 23.9. The molecule has 0 aromatic carbocycles. The fraction of sp³-hybridized carbons (Fsp3) is 0.905. The molecule has 4 heteroatoms. The van der Waals surface area contributed by atoms with E-state index in [0.717, 1.165) is 38.5 Å². The molecule has 0 spiro atoms. The van der Waals surface area contributed by atoms with Crippen molar-refractivity contribution in [3.05, 3.63) is 0 Å². The second kappa shape index (κ2) is 5.80. The number of rotatable bonds is 1. The molecule has 25 heavy (non-hydrogen) atoms. The van der Waals surface area contributed by atoms with E-state index >= 15 is 0 Å². The standard InChI is InChI=1S/C21H32O4/c1-12(22)25-13-6-8-20(2)16-7-9-21(3)15(4-5-19(21)24)14(16)11-18(23)17(20)10-13/h13-18,23H,4-11H2,1-3H3/i2D. The Morgan fingerprint density at radius 1 is 1.20 bits per heavy atom. The van der Waals surface area contributed by atoms with Gasteiger partial charge in [-0.2, -0.15) is 0 Å². The maximum Gasteiger partial charge on any atom is 0.302 e. The first-order valence-corrected chi connectivity index (χ1v) is 9.99. The van der Waals surface area contributed by atoms with E-state index in [1.165, 1.54) is 6.92 Å². The van der Waals surface area contributed by atoms with Crippen LogP contribution in [0.3, 0.4) is 0 Å². The maximum absolute atomic E-state index is 12.5. The Balaban J connectivity index is 1.63. The van der Waals surface area contributed by atoms with Gasteiger partial charge in [0.2, 0.25) is 0 Å². The van der Waals surface area contributed by atoms with Gasteiger partial charge in [-0.05, 0) is 74.0 Å². The summed E-state index contributed by atoms with van der Waals surface area (Å²) in [6, 6.07) is 0. The molecule has 0 heterocycles. The van der Waals surface area contributed by atoms with E-state index in [1.807, 2.05) is 0 Å². The summed E-state index contributed by atoms with van der Waals surface area (Å²) in [6.07, 6.45) is 6.11. The van der Waals surface area contributed by atoms with Crippen LogP contribution in [0.5, 0.6) is 0 Å². The third-order valence-corrected chi connectivity index (χ3v) is 8.38. The molecule has 0 bridgehead atoms. The van der Waals surface area contributed by atoms with Crippen molar-refractivity contribution in [1.29, 1.82) is 0 Å². The van der Waals surface area contributed by atoms with E-state index in [2.05, 4.69) is 6.92 Å². The van der Waals surface area contributed by atoms with Crippen LogP contribution in [0.4, 0.5) is 0 Å². The second-order valence-electron chi connectivity index (χ2n) is 9.44. The number of carbonyl (C=O) groups excluding carboxylic acids is 2. The molecule has 0 aliphatic heterocycles. The molecule has 4 rings (SSSR count). The van der Waals surface area contributed by atoms with Gasteiger partial charge in [0, 0.05) is 20.1 Å². The average Bonchev–Trinajstić information content (AvgIpc) is 2.90. The smallest absolute Gasteiger partial charge is 0.302 e. The molecule has 4 nitrogen and oxygen atoms in total. The summed E-state index contributed by atoms with van der Waals surface area (Å²) in [7, 11) is 0. The number of Topliss-reactive ketones (excluding diaryl/α,β-unsaturated/α-hetero) is 1. The zero-order valence-electron chi connectivity index (χ0n) is 16.5. The summed E-state index contributed by atoms with van der Waals surface area (Å²) in [5, 5.41) is 11.1. The molecule has 4 saturated carbocycles. The van der Waals surface area contributed by atoms with Crippen LogP contribution in [0, 0.1) is 34.5 Å². The SMILES string of the molecule is [2H]CC12CCC(OC(C)=O)CC1C(O)CC1C3CCC(=O)C3(C)CCC12. The highest BCUT2D eigenvalue weighted by Gasteiger charge is 2.62. The minimum Gasteiger partial charge on any atom is -0.463 e. The van der Waals surface area contributed by atoms with Gasteiger partial charge in [0.05, 0.1) is 6.10 Å². The first-order valence-electron chi connectivity index (χ1n) is 10.7. The lowest BCUT2D eigenvalue weighted by atomic mass is 9.44. The Hall–Kier alpha value is -0.900. The molecule has 0 saturated heterocycles. The highest BCUT2D eigenvalue weighted by Crippen LogP contribution is 2.65. The van der Waals surface area contributed by atoms with E-state index in [4.69, 9.17) is 6.11 Å². The minimum absolute atomic E-state index is 0.0424. The van der Waals surface area contributed by atoms with Gasteiger partial charge in [-0.3, -0.25) is 9.59 Å². The van der Waals surface area contributed by atoms with Gasteiger partial charge in [0.1, 0.15) is 11.9 Å². The van der Waals surface area contributed by atoms with Crippen molar-refractivity contribution >= 4 is 11.8 Å². The summed E-state index contributed by atoms with van der Waals surface area (Å²) >= 11 is 0. The Bertz CT molecular complexity index is 607. The Kier molecular flexibility index (Phi) is 3.78. The third kappa shape index (κ3) is 2.50. The van der Waals surface area contributed by atoms with Crippen LogP contribution in [0.1, 0.15) is 73.5 Å².